The van der Waals surface area contributed by atoms with Crippen molar-refractivity contribution in [2.75, 3.05) is 13.1 Å². The number of carbonyl (C=O) groups excluding carboxylic acids is 2. The standard InChI is InChI=1S/C9H14N2O2S/c1-3-5-11-8(13)6-7(12)10(4-2)9(11)14/h3-6H2,1-2H3. The second-order valence-electron chi connectivity index (χ2n) is 3.14. The molecule has 1 rings (SSSR count). The Morgan fingerprint density at radius 1 is 1.21 bits per heavy atom. The molecule has 1 aliphatic heterocycles. The predicted octanol–water partition coefficient (Wildman–Crippen LogP) is 0.762. The number of amides is 2. The third-order valence-electron chi connectivity index (χ3n) is 2.13. The van der Waals surface area contributed by atoms with E-state index in [2.05, 4.69) is 0 Å². The van der Waals surface area contributed by atoms with Gasteiger partial charge in [0.2, 0.25) is 11.8 Å². The maximum atomic E-state index is 11.5. The topological polar surface area (TPSA) is 40.6 Å². The van der Waals surface area contributed by atoms with E-state index in [1.165, 1.54) is 9.80 Å². The van der Waals surface area contributed by atoms with Gasteiger partial charge < -0.3 is 0 Å². The molecule has 0 aromatic rings. The van der Waals surface area contributed by atoms with E-state index in [4.69, 9.17) is 12.2 Å². The number of thiocarbonyl (C=S) groups is 1. The first-order valence-electron chi connectivity index (χ1n) is 4.76. The lowest BCUT2D eigenvalue weighted by molar-refractivity contribution is -0.140. The van der Waals surface area contributed by atoms with Crippen LogP contribution in [-0.2, 0) is 9.59 Å². The van der Waals surface area contributed by atoms with Crippen LogP contribution in [0.5, 0.6) is 0 Å². The van der Waals surface area contributed by atoms with Crippen molar-refractivity contribution in [3.8, 4) is 0 Å². The van der Waals surface area contributed by atoms with E-state index in [9.17, 15) is 9.59 Å². The van der Waals surface area contributed by atoms with E-state index in [1.54, 1.807) is 0 Å². The molecule has 4 nitrogen and oxygen atoms in total. The quantitative estimate of drug-likeness (QED) is 0.514. The van der Waals surface area contributed by atoms with Crippen LogP contribution >= 0.6 is 12.2 Å². The van der Waals surface area contributed by atoms with E-state index < -0.39 is 0 Å². The van der Waals surface area contributed by atoms with Gasteiger partial charge in [0, 0.05) is 13.1 Å². The van der Waals surface area contributed by atoms with Crippen LogP contribution in [0.25, 0.3) is 0 Å². The van der Waals surface area contributed by atoms with Gasteiger partial charge >= 0.3 is 0 Å². The molecule has 1 saturated heterocycles. The Hall–Kier alpha value is -0.970. The fraction of sp³-hybridized carbons (Fsp3) is 0.667. The summed E-state index contributed by atoms with van der Waals surface area (Å²) in [5, 5.41) is 0.357. The minimum Gasteiger partial charge on any atom is -0.289 e. The molecule has 0 atom stereocenters. The summed E-state index contributed by atoms with van der Waals surface area (Å²) in [6.45, 7) is 4.96. The minimum atomic E-state index is -0.185. The van der Waals surface area contributed by atoms with Gasteiger partial charge in [0.25, 0.3) is 0 Å². The first-order chi connectivity index (χ1) is 6.61. The highest BCUT2D eigenvalue weighted by atomic mass is 32.1. The van der Waals surface area contributed by atoms with Crippen LogP contribution in [0.4, 0.5) is 0 Å². The monoisotopic (exact) mass is 214 g/mol. The summed E-state index contributed by atoms with van der Waals surface area (Å²) < 4.78 is 0. The van der Waals surface area contributed by atoms with Crippen LogP contribution in [0.1, 0.15) is 26.7 Å². The number of hydrogen-bond acceptors (Lipinski definition) is 3. The normalized spacial score (nSPS) is 18.0. The molecule has 5 heteroatoms. The molecule has 0 aliphatic carbocycles. The van der Waals surface area contributed by atoms with Crippen molar-refractivity contribution in [2.45, 2.75) is 26.7 Å². The van der Waals surface area contributed by atoms with Gasteiger partial charge in [-0.25, -0.2) is 0 Å². The largest absolute Gasteiger partial charge is 0.289 e. The zero-order chi connectivity index (χ0) is 10.7. The summed E-state index contributed by atoms with van der Waals surface area (Å²) in [5.41, 5.74) is 0. The Morgan fingerprint density at radius 2 is 1.79 bits per heavy atom. The molecule has 0 unspecified atom stereocenters. The average molecular weight is 214 g/mol. The molecule has 1 heterocycles. The third-order valence-corrected chi connectivity index (χ3v) is 2.57. The van der Waals surface area contributed by atoms with E-state index >= 15 is 0 Å². The number of carbonyl (C=O) groups is 2. The SMILES string of the molecule is CCCN1C(=O)CC(=O)N(CC)C1=S. The Bertz CT molecular complexity index is 278. The molecule has 14 heavy (non-hydrogen) atoms. The maximum Gasteiger partial charge on any atom is 0.238 e. The van der Waals surface area contributed by atoms with Gasteiger partial charge in [0.1, 0.15) is 6.42 Å². The first kappa shape index (κ1) is 11.1. The van der Waals surface area contributed by atoms with Crippen molar-refractivity contribution in [3.63, 3.8) is 0 Å². The Labute approximate surface area is 88.9 Å². The summed E-state index contributed by atoms with van der Waals surface area (Å²) >= 11 is 5.08. The van der Waals surface area contributed by atoms with Gasteiger partial charge in [-0.2, -0.15) is 0 Å². The maximum absolute atomic E-state index is 11.5. The highest BCUT2D eigenvalue weighted by molar-refractivity contribution is 7.80. The Kier molecular flexibility index (Phi) is 3.57. The van der Waals surface area contributed by atoms with Gasteiger partial charge in [-0.1, -0.05) is 6.92 Å². The third kappa shape index (κ3) is 1.92. The molecule has 1 aliphatic rings. The van der Waals surface area contributed by atoms with Gasteiger partial charge in [-0.05, 0) is 25.6 Å². The average Bonchev–Trinajstić information content (AvgIpc) is 2.12. The lowest BCUT2D eigenvalue weighted by Crippen LogP contribution is -2.54. The number of rotatable bonds is 3. The second kappa shape index (κ2) is 4.50. The Morgan fingerprint density at radius 3 is 2.29 bits per heavy atom. The first-order valence-corrected chi connectivity index (χ1v) is 5.17. The van der Waals surface area contributed by atoms with Gasteiger partial charge in [-0.3, -0.25) is 19.4 Å². The van der Waals surface area contributed by atoms with Gasteiger partial charge in [0.05, 0.1) is 0 Å². The summed E-state index contributed by atoms with van der Waals surface area (Å²) in [4.78, 5) is 25.8. The lowest BCUT2D eigenvalue weighted by Gasteiger charge is -2.34. The highest BCUT2D eigenvalue weighted by Crippen LogP contribution is 2.12. The summed E-state index contributed by atoms with van der Waals surface area (Å²) in [6, 6.07) is 0. The van der Waals surface area contributed by atoms with Crippen molar-refractivity contribution in [2.24, 2.45) is 0 Å². The molecule has 2 amide bonds. The van der Waals surface area contributed by atoms with Crippen LogP contribution in [0.15, 0.2) is 0 Å². The fourth-order valence-corrected chi connectivity index (χ4v) is 1.86. The van der Waals surface area contributed by atoms with Crippen molar-refractivity contribution < 1.29 is 9.59 Å². The zero-order valence-electron chi connectivity index (χ0n) is 8.45. The molecule has 1 fully saturated rings. The zero-order valence-corrected chi connectivity index (χ0v) is 9.26. The summed E-state index contributed by atoms with van der Waals surface area (Å²) in [5.74, 6) is -0.360. The van der Waals surface area contributed by atoms with Crippen LogP contribution in [0.2, 0.25) is 0 Å². The van der Waals surface area contributed by atoms with E-state index in [0.29, 0.717) is 18.2 Å². The smallest absolute Gasteiger partial charge is 0.238 e. The van der Waals surface area contributed by atoms with Crippen molar-refractivity contribution in [3.05, 3.63) is 0 Å². The molecule has 78 valence electrons. The predicted molar refractivity (Wildman–Crippen MR) is 56.6 cm³/mol. The molecule has 0 N–H and O–H groups in total. The Balaban J connectivity index is 2.82. The van der Waals surface area contributed by atoms with Gasteiger partial charge in [0.15, 0.2) is 5.11 Å². The van der Waals surface area contributed by atoms with Crippen LogP contribution in [-0.4, -0.2) is 39.8 Å². The minimum absolute atomic E-state index is 0.0476. The van der Waals surface area contributed by atoms with Crippen molar-refractivity contribution in [1.82, 2.24) is 9.80 Å². The number of nitrogens with zero attached hydrogens (tertiary/aromatic N) is 2. The second-order valence-corrected chi connectivity index (χ2v) is 3.51. The van der Waals surface area contributed by atoms with Crippen molar-refractivity contribution >= 4 is 29.1 Å². The molecule has 0 aromatic heterocycles. The van der Waals surface area contributed by atoms with E-state index in [0.717, 1.165) is 6.42 Å². The number of hydrogen-bond donors (Lipinski definition) is 0. The van der Waals surface area contributed by atoms with Crippen LogP contribution in [0.3, 0.4) is 0 Å². The van der Waals surface area contributed by atoms with Gasteiger partial charge in [-0.15, -0.1) is 0 Å². The van der Waals surface area contributed by atoms with E-state index in [1.807, 2.05) is 13.8 Å². The summed E-state index contributed by atoms with van der Waals surface area (Å²) in [6.07, 6.45) is 0.797. The molecule has 0 saturated carbocycles. The van der Waals surface area contributed by atoms with E-state index in [-0.39, 0.29) is 18.2 Å². The molecular weight excluding hydrogens is 200 g/mol. The molecule has 0 radical (unpaired) electrons. The molecule has 0 aromatic carbocycles. The molecule has 0 spiro atoms. The van der Waals surface area contributed by atoms with Crippen LogP contribution < -0.4 is 0 Å². The lowest BCUT2D eigenvalue weighted by atomic mass is 10.2. The molecule has 0 bridgehead atoms. The fourth-order valence-electron chi connectivity index (χ4n) is 1.43. The summed E-state index contributed by atoms with van der Waals surface area (Å²) in [7, 11) is 0. The molecular formula is C9H14N2O2S. The highest BCUT2D eigenvalue weighted by Gasteiger charge is 2.33. The van der Waals surface area contributed by atoms with Crippen LogP contribution in [0, 0.1) is 0 Å². The van der Waals surface area contributed by atoms with Crippen molar-refractivity contribution in [1.29, 1.82) is 0 Å².